The zero-order valence-corrected chi connectivity index (χ0v) is 11.2. The fourth-order valence-corrected chi connectivity index (χ4v) is 1.69. The average Bonchev–Trinajstić information content (AvgIpc) is 2.24. The van der Waals surface area contributed by atoms with Crippen molar-refractivity contribution in [3.05, 3.63) is 11.4 Å². The molecule has 0 amide bonds. The maximum Gasteiger partial charge on any atom is 0.134 e. The minimum Gasteiger partial charge on any atom is -0.383 e. The highest BCUT2D eigenvalue weighted by atomic mass is 32.2. The highest BCUT2D eigenvalue weighted by Crippen LogP contribution is 2.17. The topological polar surface area (TPSA) is 63.8 Å². The quantitative estimate of drug-likeness (QED) is 0.826. The van der Waals surface area contributed by atoms with Crippen LogP contribution in [0, 0.1) is 13.8 Å². The SMILES string of the molecule is CSC(C)CCNc1nc(C)nc(N)c1C. The minimum absolute atomic E-state index is 0.563. The maximum absolute atomic E-state index is 5.78. The standard InChI is InChI=1S/C11H20N4S/c1-7(16-4)5-6-13-11-8(2)10(12)14-9(3)15-11/h7H,5-6H2,1-4H3,(H3,12,13,14,15). The van der Waals surface area contributed by atoms with Crippen LogP contribution in [0.3, 0.4) is 0 Å². The maximum atomic E-state index is 5.78. The van der Waals surface area contributed by atoms with Crippen LogP contribution >= 0.6 is 11.8 Å². The second-order valence-electron chi connectivity index (χ2n) is 3.89. The molecule has 1 aromatic heterocycles. The van der Waals surface area contributed by atoms with Gasteiger partial charge in [-0.2, -0.15) is 11.8 Å². The normalized spacial score (nSPS) is 12.5. The van der Waals surface area contributed by atoms with Gasteiger partial charge in [-0.25, -0.2) is 9.97 Å². The number of nitrogen functional groups attached to an aromatic ring is 1. The first-order valence-electron chi connectivity index (χ1n) is 5.42. The Hall–Kier alpha value is -0.970. The molecule has 3 N–H and O–H groups in total. The second-order valence-corrected chi connectivity index (χ2v) is 5.17. The number of aromatic nitrogens is 2. The summed E-state index contributed by atoms with van der Waals surface area (Å²) in [6, 6.07) is 0. The van der Waals surface area contributed by atoms with Gasteiger partial charge in [0.1, 0.15) is 17.5 Å². The van der Waals surface area contributed by atoms with E-state index in [1.165, 1.54) is 0 Å². The van der Waals surface area contributed by atoms with Gasteiger partial charge >= 0.3 is 0 Å². The number of nitrogens with one attached hydrogen (secondary N) is 1. The number of rotatable bonds is 5. The van der Waals surface area contributed by atoms with Crippen LogP contribution in [0.4, 0.5) is 11.6 Å². The Kier molecular flexibility index (Phi) is 4.86. The van der Waals surface area contributed by atoms with Gasteiger partial charge in [0.25, 0.3) is 0 Å². The average molecular weight is 240 g/mol. The summed E-state index contributed by atoms with van der Waals surface area (Å²) in [4.78, 5) is 8.46. The number of thioether (sulfide) groups is 1. The molecule has 1 heterocycles. The zero-order valence-electron chi connectivity index (χ0n) is 10.4. The summed E-state index contributed by atoms with van der Waals surface area (Å²) in [6.07, 6.45) is 3.24. The van der Waals surface area contributed by atoms with Crippen LogP contribution in [-0.4, -0.2) is 28.0 Å². The number of hydrogen-bond acceptors (Lipinski definition) is 5. The van der Waals surface area contributed by atoms with Crippen LogP contribution in [0.5, 0.6) is 0 Å². The molecule has 4 nitrogen and oxygen atoms in total. The smallest absolute Gasteiger partial charge is 0.134 e. The molecule has 0 saturated carbocycles. The van der Waals surface area contributed by atoms with E-state index in [0.717, 1.165) is 24.3 Å². The van der Waals surface area contributed by atoms with Crippen molar-refractivity contribution in [2.45, 2.75) is 32.4 Å². The molecule has 1 atom stereocenters. The van der Waals surface area contributed by atoms with Gasteiger partial charge in [-0.3, -0.25) is 0 Å². The van der Waals surface area contributed by atoms with Crippen molar-refractivity contribution in [1.29, 1.82) is 0 Å². The molecule has 1 aromatic rings. The van der Waals surface area contributed by atoms with Crippen molar-refractivity contribution in [2.75, 3.05) is 23.9 Å². The second kappa shape index (κ2) is 5.94. The fraction of sp³-hybridized carbons (Fsp3) is 0.636. The molecule has 0 bridgehead atoms. The molecule has 0 saturated heterocycles. The zero-order chi connectivity index (χ0) is 12.1. The Balaban J connectivity index is 2.60. The van der Waals surface area contributed by atoms with Crippen molar-refractivity contribution in [2.24, 2.45) is 0 Å². The third-order valence-electron chi connectivity index (χ3n) is 2.54. The summed E-state index contributed by atoms with van der Waals surface area (Å²) in [7, 11) is 0. The Morgan fingerprint density at radius 1 is 1.38 bits per heavy atom. The number of aryl methyl sites for hydroxylation is 1. The highest BCUT2D eigenvalue weighted by Gasteiger charge is 2.06. The molecule has 90 valence electrons. The van der Waals surface area contributed by atoms with Gasteiger partial charge < -0.3 is 11.1 Å². The first-order chi connectivity index (χ1) is 7.54. The first-order valence-corrected chi connectivity index (χ1v) is 6.70. The lowest BCUT2D eigenvalue weighted by Gasteiger charge is -2.12. The Bertz CT molecular complexity index is 354. The van der Waals surface area contributed by atoms with E-state index in [-0.39, 0.29) is 0 Å². The van der Waals surface area contributed by atoms with Gasteiger partial charge in [0.05, 0.1) is 0 Å². The molecule has 0 fully saturated rings. The van der Waals surface area contributed by atoms with Gasteiger partial charge in [0, 0.05) is 17.4 Å². The van der Waals surface area contributed by atoms with Crippen molar-refractivity contribution in [1.82, 2.24) is 9.97 Å². The Morgan fingerprint density at radius 3 is 2.69 bits per heavy atom. The summed E-state index contributed by atoms with van der Waals surface area (Å²) < 4.78 is 0. The Morgan fingerprint density at radius 2 is 2.06 bits per heavy atom. The van der Waals surface area contributed by atoms with E-state index in [1.807, 2.05) is 25.6 Å². The van der Waals surface area contributed by atoms with E-state index >= 15 is 0 Å². The monoisotopic (exact) mass is 240 g/mol. The number of nitrogens with zero attached hydrogens (tertiary/aromatic N) is 2. The molecule has 0 aliphatic heterocycles. The summed E-state index contributed by atoms with van der Waals surface area (Å²) in [5.74, 6) is 2.13. The predicted molar refractivity (Wildman–Crippen MR) is 72.0 cm³/mol. The van der Waals surface area contributed by atoms with E-state index in [2.05, 4.69) is 28.5 Å². The lowest BCUT2D eigenvalue weighted by atomic mass is 10.3. The number of anilines is 2. The Labute approximate surface area is 101 Å². The fourth-order valence-electron chi connectivity index (χ4n) is 1.33. The summed E-state index contributed by atoms with van der Waals surface area (Å²) in [6.45, 7) is 6.93. The number of nitrogens with two attached hydrogens (primary N) is 1. The number of hydrogen-bond donors (Lipinski definition) is 2. The van der Waals surface area contributed by atoms with Crippen LogP contribution in [0.25, 0.3) is 0 Å². The molecule has 0 aliphatic rings. The van der Waals surface area contributed by atoms with Crippen molar-refractivity contribution in [3.63, 3.8) is 0 Å². The lowest BCUT2D eigenvalue weighted by Crippen LogP contribution is -2.12. The van der Waals surface area contributed by atoms with Gasteiger partial charge in [0.15, 0.2) is 0 Å². The molecular formula is C11H20N4S. The van der Waals surface area contributed by atoms with Gasteiger partial charge in [-0.1, -0.05) is 6.92 Å². The van der Waals surface area contributed by atoms with Crippen LogP contribution in [-0.2, 0) is 0 Å². The lowest BCUT2D eigenvalue weighted by molar-refractivity contribution is 0.846. The van der Waals surface area contributed by atoms with Crippen LogP contribution in [0.2, 0.25) is 0 Å². The van der Waals surface area contributed by atoms with Crippen molar-refractivity contribution >= 4 is 23.4 Å². The van der Waals surface area contributed by atoms with Crippen molar-refractivity contribution < 1.29 is 0 Å². The first kappa shape index (κ1) is 13.1. The molecule has 0 aliphatic carbocycles. The largest absolute Gasteiger partial charge is 0.383 e. The summed E-state index contributed by atoms with van der Waals surface area (Å²) >= 11 is 1.87. The molecule has 1 rings (SSSR count). The third kappa shape index (κ3) is 3.56. The molecule has 0 aromatic carbocycles. The van der Waals surface area contributed by atoms with E-state index in [4.69, 9.17) is 5.73 Å². The molecule has 5 heteroatoms. The summed E-state index contributed by atoms with van der Waals surface area (Å²) in [5, 5.41) is 3.98. The van der Waals surface area contributed by atoms with Gasteiger partial charge in [-0.15, -0.1) is 0 Å². The molecular weight excluding hydrogens is 220 g/mol. The molecule has 1 unspecified atom stereocenters. The minimum atomic E-state index is 0.563. The third-order valence-corrected chi connectivity index (χ3v) is 3.58. The van der Waals surface area contributed by atoms with Gasteiger partial charge in [0.2, 0.25) is 0 Å². The van der Waals surface area contributed by atoms with Crippen LogP contribution in [0.1, 0.15) is 24.7 Å². The molecule has 0 spiro atoms. The van der Waals surface area contributed by atoms with Crippen molar-refractivity contribution in [3.8, 4) is 0 Å². The molecule has 16 heavy (non-hydrogen) atoms. The van der Waals surface area contributed by atoms with Gasteiger partial charge in [-0.05, 0) is 26.5 Å². The molecule has 0 radical (unpaired) electrons. The van der Waals surface area contributed by atoms with E-state index in [1.54, 1.807) is 0 Å². The predicted octanol–water partition coefficient (Wildman–Crippen LogP) is 2.23. The summed E-state index contributed by atoms with van der Waals surface area (Å²) in [5.41, 5.74) is 6.72. The highest BCUT2D eigenvalue weighted by molar-refractivity contribution is 7.99. The van der Waals surface area contributed by atoms with E-state index < -0.39 is 0 Å². The van der Waals surface area contributed by atoms with Crippen LogP contribution in [0.15, 0.2) is 0 Å². The van der Waals surface area contributed by atoms with Crippen LogP contribution < -0.4 is 11.1 Å². The van der Waals surface area contributed by atoms with E-state index in [0.29, 0.717) is 16.9 Å². The van der Waals surface area contributed by atoms with E-state index in [9.17, 15) is 0 Å².